The van der Waals surface area contributed by atoms with Gasteiger partial charge in [-0.05, 0) is 99.6 Å². The van der Waals surface area contributed by atoms with Crippen molar-refractivity contribution in [1.82, 2.24) is 24.0 Å². The zero-order chi connectivity index (χ0) is 39.6. The van der Waals surface area contributed by atoms with Gasteiger partial charge in [-0.1, -0.05) is 25.3 Å². The van der Waals surface area contributed by atoms with Crippen molar-refractivity contribution in [2.24, 2.45) is 7.05 Å². The number of alkyl halides is 3. The Labute approximate surface area is 318 Å². The van der Waals surface area contributed by atoms with Crippen LogP contribution in [0.3, 0.4) is 0 Å². The molecule has 2 aromatic carbocycles. The third kappa shape index (κ3) is 7.16. The maximum atomic E-state index is 14.9. The summed E-state index contributed by atoms with van der Waals surface area (Å²) in [4.78, 5) is 29.3. The number of halogens is 3. The van der Waals surface area contributed by atoms with Gasteiger partial charge in [0.05, 0.1) is 48.1 Å². The van der Waals surface area contributed by atoms with Crippen LogP contribution >= 0.6 is 0 Å². The summed E-state index contributed by atoms with van der Waals surface area (Å²) in [6, 6.07) is 10.7. The SMILES string of the molecule is COc1ccc2c(c1)C=C(c1c(C(=O)N3CC(C)OC(C)C3)c(C(F)(F)F)nn1C)Cn1c-2c(C2CCCCC2)c2ccc(C(=O)NS(=O)(=O)C(C)C)cc21. The predicted octanol–water partition coefficient (Wildman–Crippen LogP) is 7.39. The molecule has 55 heavy (non-hydrogen) atoms. The number of nitrogens with one attached hydrogen (secondary N) is 1. The Hall–Kier alpha value is -4.63. The van der Waals surface area contributed by atoms with Crippen molar-refractivity contribution in [2.45, 2.75) is 95.9 Å². The fourth-order valence-electron chi connectivity index (χ4n) is 8.43. The monoisotopic (exact) mass is 781 g/mol. The van der Waals surface area contributed by atoms with Gasteiger partial charge in [0.25, 0.3) is 11.8 Å². The molecule has 1 aliphatic carbocycles. The summed E-state index contributed by atoms with van der Waals surface area (Å²) in [6.07, 6.45) is 1.13. The van der Waals surface area contributed by atoms with Gasteiger partial charge in [0.2, 0.25) is 10.0 Å². The summed E-state index contributed by atoms with van der Waals surface area (Å²) in [6.45, 7) is 6.74. The van der Waals surface area contributed by atoms with Crippen molar-refractivity contribution in [3.05, 3.63) is 70.0 Å². The maximum Gasteiger partial charge on any atom is 0.435 e. The normalized spacial score (nSPS) is 19.5. The largest absolute Gasteiger partial charge is 0.497 e. The molecular formula is C40H46F3N5O6S. The van der Waals surface area contributed by atoms with E-state index in [0.717, 1.165) is 59.0 Å². The van der Waals surface area contributed by atoms with Crippen LogP contribution < -0.4 is 9.46 Å². The first kappa shape index (κ1) is 38.6. The number of methoxy groups -OCH3 is 1. The molecule has 0 bridgehead atoms. The number of morpholine rings is 1. The molecule has 2 fully saturated rings. The van der Waals surface area contributed by atoms with E-state index < -0.39 is 44.5 Å². The van der Waals surface area contributed by atoms with Crippen LogP contribution in [0.4, 0.5) is 13.2 Å². The number of hydrogen-bond donors (Lipinski definition) is 1. The van der Waals surface area contributed by atoms with E-state index in [1.807, 2.05) is 28.8 Å². The van der Waals surface area contributed by atoms with Crippen LogP contribution in [-0.4, -0.2) is 77.1 Å². The smallest absolute Gasteiger partial charge is 0.435 e. The number of hydrogen-bond acceptors (Lipinski definition) is 7. The Morgan fingerprint density at radius 3 is 2.33 bits per heavy atom. The van der Waals surface area contributed by atoms with Crippen molar-refractivity contribution in [3.8, 4) is 17.0 Å². The molecule has 2 unspecified atom stereocenters. The first-order chi connectivity index (χ1) is 26.0. The predicted molar refractivity (Wildman–Crippen MR) is 203 cm³/mol. The van der Waals surface area contributed by atoms with Gasteiger partial charge in [-0.3, -0.25) is 14.3 Å². The number of benzene rings is 2. The average Bonchev–Trinajstić information content (AvgIpc) is 3.59. The quantitative estimate of drug-likeness (QED) is 0.208. The number of amides is 2. The van der Waals surface area contributed by atoms with E-state index in [1.165, 1.54) is 32.9 Å². The molecule has 0 spiro atoms. The molecule has 2 aliphatic heterocycles. The fraction of sp³-hybridized carbons (Fsp3) is 0.475. The zero-order valence-electron chi connectivity index (χ0n) is 31.8. The Balaban J connectivity index is 1.49. The standard InChI is InChI=1S/C40H46F3N5O6S/c1-22(2)55(51,52)45-38(49)26-12-14-31-32(18-26)48-21-28(16-27-17-29(53-6)13-15-30(27)36(48)33(31)25-10-8-7-9-11-25)35-34(37(40(41,42)43)44-46(35)5)39(50)47-19-23(3)54-24(4)20-47/h12-18,22-25H,7-11,19-21H2,1-6H3,(H,45,49). The number of sulfonamides is 1. The van der Waals surface area contributed by atoms with Gasteiger partial charge in [0.15, 0.2) is 5.69 Å². The molecule has 1 N–H and O–H groups in total. The van der Waals surface area contributed by atoms with Crippen molar-refractivity contribution in [3.63, 3.8) is 0 Å². The maximum absolute atomic E-state index is 14.9. The molecule has 4 heterocycles. The molecule has 1 saturated heterocycles. The Morgan fingerprint density at radius 1 is 1.00 bits per heavy atom. The van der Waals surface area contributed by atoms with Crippen molar-refractivity contribution in [2.75, 3.05) is 20.2 Å². The van der Waals surface area contributed by atoms with Gasteiger partial charge in [0, 0.05) is 42.2 Å². The van der Waals surface area contributed by atoms with E-state index in [-0.39, 0.29) is 49.0 Å². The van der Waals surface area contributed by atoms with Gasteiger partial charge in [-0.15, -0.1) is 0 Å². The van der Waals surface area contributed by atoms with Crippen molar-refractivity contribution >= 4 is 44.4 Å². The first-order valence-electron chi connectivity index (χ1n) is 18.7. The van der Waals surface area contributed by atoms with Crippen LogP contribution in [0.5, 0.6) is 5.75 Å². The van der Waals surface area contributed by atoms with E-state index in [2.05, 4.69) is 9.82 Å². The van der Waals surface area contributed by atoms with Gasteiger partial charge >= 0.3 is 6.18 Å². The number of rotatable bonds is 7. The summed E-state index contributed by atoms with van der Waals surface area (Å²) in [7, 11) is -0.996. The van der Waals surface area contributed by atoms with E-state index in [0.29, 0.717) is 22.4 Å². The molecule has 4 aromatic rings. The lowest BCUT2D eigenvalue weighted by Crippen LogP contribution is -2.48. The second-order valence-corrected chi connectivity index (χ2v) is 17.5. The van der Waals surface area contributed by atoms with E-state index in [9.17, 15) is 31.2 Å². The topological polar surface area (TPSA) is 125 Å². The van der Waals surface area contributed by atoms with Gasteiger partial charge in [0.1, 0.15) is 5.75 Å². The minimum Gasteiger partial charge on any atom is -0.497 e. The van der Waals surface area contributed by atoms with Gasteiger partial charge in [-0.2, -0.15) is 18.3 Å². The minimum atomic E-state index is -4.94. The average molecular weight is 782 g/mol. The highest BCUT2D eigenvalue weighted by molar-refractivity contribution is 7.90. The summed E-state index contributed by atoms with van der Waals surface area (Å²) in [5, 5.41) is 3.96. The summed E-state index contributed by atoms with van der Waals surface area (Å²) >= 11 is 0. The number of carbonyl (C=O) groups is 2. The summed E-state index contributed by atoms with van der Waals surface area (Å²) in [5.41, 5.74) is 2.71. The zero-order valence-corrected chi connectivity index (χ0v) is 32.6. The molecule has 3 aliphatic rings. The highest BCUT2D eigenvalue weighted by Crippen LogP contribution is 2.48. The van der Waals surface area contributed by atoms with Crippen LogP contribution in [0.1, 0.15) is 109 Å². The number of allylic oxidation sites excluding steroid dienone is 1. The highest BCUT2D eigenvalue weighted by Gasteiger charge is 2.44. The fourth-order valence-corrected chi connectivity index (χ4v) is 9.04. The third-order valence-corrected chi connectivity index (χ3v) is 12.7. The second-order valence-electron chi connectivity index (χ2n) is 15.2. The molecular weight excluding hydrogens is 736 g/mol. The number of aryl methyl sites for hydroxylation is 1. The van der Waals surface area contributed by atoms with E-state index >= 15 is 0 Å². The van der Waals surface area contributed by atoms with E-state index in [4.69, 9.17) is 9.47 Å². The van der Waals surface area contributed by atoms with Crippen LogP contribution in [-0.2, 0) is 34.5 Å². The second kappa shape index (κ2) is 14.5. The molecule has 11 nitrogen and oxygen atoms in total. The van der Waals surface area contributed by atoms with Crippen LogP contribution in [0.15, 0.2) is 36.4 Å². The number of carbonyl (C=O) groups excluding carboxylic acids is 2. The molecule has 1 saturated carbocycles. The lowest BCUT2D eigenvalue weighted by Gasteiger charge is -2.35. The minimum absolute atomic E-state index is 0.0118. The number of fused-ring (bicyclic) bond motifs is 5. The lowest BCUT2D eigenvalue weighted by atomic mass is 9.81. The molecule has 2 amide bonds. The first-order valence-corrected chi connectivity index (χ1v) is 20.2. The van der Waals surface area contributed by atoms with Gasteiger partial charge in [-0.25, -0.2) is 13.1 Å². The molecule has 2 aromatic heterocycles. The highest BCUT2D eigenvalue weighted by atomic mass is 32.2. The Kier molecular flexibility index (Phi) is 10.2. The van der Waals surface area contributed by atoms with Crippen molar-refractivity contribution < 1.29 is 40.7 Å². The van der Waals surface area contributed by atoms with Crippen molar-refractivity contribution in [1.29, 1.82) is 0 Å². The third-order valence-electron chi connectivity index (χ3n) is 10.9. The van der Waals surface area contributed by atoms with Crippen LogP contribution in [0.2, 0.25) is 0 Å². The number of nitrogens with zero attached hydrogens (tertiary/aromatic N) is 4. The number of ether oxygens (including phenoxy) is 2. The molecule has 2 atom stereocenters. The number of aromatic nitrogens is 3. The molecule has 7 rings (SSSR count). The molecule has 15 heteroatoms. The van der Waals surface area contributed by atoms with E-state index in [1.54, 1.807) is 32.1 Å². The van der Waals surface area contributed by atoms with Crippen LogP contribution in [0.25, 0.3) is 33.8 Å². The summed E-state index contributed by atoms with van der Waals surface area (Å²) in [5.74, 6) is -0.888. The van der Waals surface area contributed by atoms with Gasteiger partial charge < -0.3 is 18.9 Å². The van der Waals surface area contributed by atoms with Crippen LogP contribution in [0, 0.1) is 0 Å². The summed E-state index contributed by atoms with van der Waals surface area (Å²) < 4.78 is 86.7. The molecule has 0 radical (unpaired) electrons. The molecule has 294 valence electrons. The Morgan fingerprint density at radius 2 is 1.69 bits per heavy atom. The Bertz CT molecular complexity index is 2310. The lowest BCUT2D eigenvalue weighted by molar-refractivity contribution is -0.141.